The van der Waals surface area contributed by atoms with E-state index >= 15 is 0 Å². The van der Waals surface area contributed by atoms with Gasteiger partial charge in [-0.05, 0) is 78.6 Å². The van der Waals surface area contributed by atoms with Crippen LogP contribution in [-0.4, -0.2) is 65.6 Å². The number of aliphatic imine (C=N–C) groups is 1. The molecule has 1 N–H and O–H groups in total. The molecule has 0 aliphatic carbocycles. The van der Waals surface area contributed by atoms with Crippen molar-refractivity contribution in [3.8, 4) is 17.1 Å². The summed E-state index contributed by atoms with van der Waals surface area (Å²) in [6.45, 7) is 5.49. The Balaban J connectivity index is 1.34. The molecule has 0 bridgehead atoms. The average molecular weight is 704 g/mol. The summed E-state index contributed by atoms with van der Waals surface area (Å²) in [5.74, 6) is -0.525. The zero-order valence-corrected chi connectivity index (χ0v) is 27.8. The number of benzene rings is 3. The van der Waals surface area contributed by atoms with E-state index in [0.717, 1.165) is 23.9 Å². The van der Waals surface area contributed by atoms with Crippen LogP contribution in [0.2, 0.25) is 0 Å². The SMILES string of the molecule is Cc1cc(-c2ncn(-c3ccc(S(=O)(=O)C(F)(F)F)cc3)n2)ccc1NC(=O)N=C1SCC(=O)N1c1cc(N(C)C)c(F)cc1C(C)C. The number of alkyl halides is 3. The van der Waals surface area contributed by atoms with Crippen LogP contribution >= 0.6 is 11.8 Å². The number of carbonyl (C=O) groups is 2. The van der Waals surface area contributed by atoms with Crippen LogP contribution in [0.3, 0.4) is 0 Å². The molecule has 4 aromatic rings. The van der Waals surface area contributed by atoms with E-state index in [4.69, 9.17) is 0 Å². The van der Waals surface area contributed by atoms with Crippen molar-refractivity contribution in [3.05, 3.63) is 77.9 Å². The topological polar surface area (TPSA) is 130 Å². The highest BCUT2D eigenvalue weighted by molar-refractivity contribution is 8.15. The number of urea groups is 1. The summed E-state index contributed by atoms with van der Waals surface area (Å²) in [7, 11) is -2.10. The van der Waals surface area contributed by atoms with Gasteiger partial charge in [0.2, 0.25) is 5.91 Å². The number of nitrogens with one attached hydrogen (secondary N) is 1. The van der Waals surface area contributed by atoms with Crippen LogP contribution in [0.4, 0.5) is 39.4 Å². The van der Waals surface area contributed by atoms with E-state index in [1.165, 1.54) is 34.1 Å². The van der Waals surface area contributed by atoms with Crippen molar-refractivity contribution in [2.75, 3.05) is 35.0 Å². The van der Waals surface area contributed by atoms with E-state index in [1.54, 1.807) is 50.2 Å². The minimum atomic E-state index is -5.48. The lowest BCUT2D eigenvalue weighted by atomic mass is 9.99. The lowest BCUT2D eigenvalue weighted by molar-refractivity contribution is -0.115. The highest BCUT2D eigenvalue weighted by atomic mass is 32.2. The summed E-state index contributed by atoms with van der Waals surface area (Å²) in [5.41, 5.74) is -2.19. The van der Waals surface area contributed by atoms with E-state index in [2.05, 4.69) is 20.4 Å². The predicted octanol–water partition coefficient (Wildman–Crippen LogP) is 6.53. The van der Waals surface area contributed by atoms with Crippen LogP contribution < -0.4 is 15.1 Å². The number of amidine groups is 1. The Morgan fingerprint density at radius 2 is 1.77 bits per heavy atom. The summed E-state index contributed by atoms with van der Waals surface area (Å²) in [5, 5.41) is 7.21. The predicted molar refractivity (Wildman–Crippen MR) is 176 cm³/mol. The van der Waals surface area contributed by atoms with Crippen molar-refractivity contribution in [1.29, 1.82) is 0 Å². The summed E-state index contributed by atoms with van der Waals surface area (Å²) < 4.78 is 77.9. The van der Waals surface area contributed by atoms with Crippen LogP contribution in [-0.2, 0) is 14.6 Å². The van der Waals surface area contributed by atoms with Gasteiger partial charge >= 0.3 is 11.5 Å². The number of aryl methyl sites for hydroxylation is 1. The number of rotatable bonds is 7. The van der Waals surface area contributed by atoms with Gasteiger partial charge in [0.1, 0.15) is 12.1 Å². The number of hydrogen-bond acceptors (Lipinski definition) is 8. The molecule has 252 valence electrons. The number of hydrogen-bond donors (Lipinski definition) is 1. The minimum Gasteiger partial charge on any atom is -0.375 e. The first-order chi connectivity index (χ1) is 22.5. The van der Waals surface area contributed by atoms with Gasteiger partial charge in [0, 0.05) is 25.3 Å². The number of carbonyl (C=O) groups excluding carboxylic acids is 2. The third kappa shape index (κ3) is 6.78. The molecule has 0 atom stereocenters. The fraction of sp³-hybridized carbons (Fsp3) is 0.258. The zero-order valence-electron chi connectivity index (χ0n) is 26.2. The maximum atomic E-state index is 14.8. The Morgan fingerprint density at radius 1 is 1.08 bits per heavy atom. The molecule has 0 saturated carbocycles. The molecule has 0 radical (unpaired) electrons. The number of thioether (sulfide) groups is 1. The normalized spacial score (nSPS) is 14.7. The third-order valence-electron chi connectivity index (χ3n) is 7.34. The summed E-state index contributed by atoms with van der Waals surface area (Å²) in [6, 6.07) is 11.3. The fourth-order valence-electron chi connectivity index (χ4n) is 4.85. The second kappa shape index (κ2) is 13.0. The van der Waals surface area contributed by atoms with Gasteiger partial charge < -0.3 is 10.2 Å². The van der Waals surface area contributed by atoms with E-state index in [1.807, 2.05) is 13.8 Å². The molecule has 17 heteroatoms. The first-order valence-corrected chi connectivity index (χ1v) is 16.8. The standard InChI is InChI=1S/C31H29F4N7O4S2/c1-17(2)22-13-23(32)26(40(4)5)14-25(22)42-27(43)15-47-30(42)38-29(44)37-24-11-6-19(12-18(24)3)28-36-16-41(39-28)20-7-9-21(10-8-20)48(45,46)31(33,34)35/h6-14,16-17H,15H2,1-5H3,(H,37,44). The number of aromatic nitrogens is 3. The van der Waals surface area contributed by atoms with Crippen LogP contribution in [0.1, 0.15) is 30.9 Å². The molecule has 3 amide bonds. The number of amides is 3. The van der Waals surface area contributed by atoms with Crippen LogP contribution in [0.15, 0.2) is 70.8 Å². The van der Waals surface area contributed by atoms with E-state index < -0.39 is 32.1 Å². The number of anilines is 3. The molecule has 2 heterocycles. The molecule has 1 aromatic heterocycles. The molecule has 3 aromatic carbocycles. The molecule has 0 spiro atoms. The molecular weight excluding hydrogens is 675 g/mol. The van der Waals surface area contributed by atoms with Crippen molar-refractivity contribution < 1.29 is 35.6 Å². The summed E-state index contributed by atoms with van der Waals surface area (Å²) in [4.78, 5) is 36.5. The van der Waals surface area contributed by atoms with Gasteiger partial charge in [0.05, 0.1) is 27.7 Å². The molecule has 1 saturated heterocycles. The maximum Gasteiger partial charge on any atom is 0.501 e. The molecule has 11 nitrogen and oxygen atoms in total. The van der Waals surface area contributed by atoms with Crippen molar-refractivity contribution in [1.82, 2.24) is 14.8 Å². The van der Waals surface area contributed by atoms with Crippen molar-refractivity contribution >= 4 is 55.8 Å². The Labute approximate surface area is 277 Å². The van der Waals surface area contributed by atoms with E-state index in [9.17, 15) is 35.6 Å². The Bertz CT molecular complexity index is 2040. The Kier molecular flexibility index (Phi) is 9.38. The van der Waals surface area contributed by atoms with Crippen LogP contribution in [0.25, 0.3) is 17.1 Å². The number of halogens is 4. The van der Waals surface area contributed by atoms with Crippen molar-refractivity contribution in [2.24, 2.45) is 4.99 Å². The Morgan fingerprint density at radius 3 is 2.38 bits per heavy atom. The quantitative estimate of drug-likeness (QED) is 0.215. The molecule has 5 rings (SSSR count). The average Bonchev–Trinajstić information content (AvgIpc) is 3.64. The molecular formula is C31H29F4N7O4S2. The van der Waals surface area contributed by atoms with Crippen LogP contribution in [0.5, 0.6) is 0 Å². The van der Waals surface area contributed by atoms with Gasteiger partial charge in [0.25, 0.3) is 9.84 Å². The largest absolute Gasteiger partial charge is 0.501 e. The number of sulfone groups is 1. The maximum absolute atomic E-state index is 14.8. The highest BCUT2D eigenvalue weighted by Crippen LogP contribution is 2.38. The van der Waals surface area contributed by atoms with E-state index in [-0.39, 0.29) is 39.9 Å². The molecule has 48 heavy (non-hydrogen) atoms. The highest BCUT2D eigenvalue weighted by Gasteiger charge is 2.46. The van der Waals surface area contributed by atoms with Crippen molar-refractivity contribution in [3.63, 3.8) is 0 Å². The molecule has 1 aliphatic rings. The van der Waals surface area contributed by atoms with Gasteiger partial charge in [-0.1, -0.05) is 25.6 Å². The fourth-order valence-corrected chi connectivity index (χ4v) is 6.47. The lowest BCUT2D eigenvalue weighted by Gasteiger charge is -2.24. The lowest BCUT2D eigenvalue weighted by Crippen LogP contribution is -2.31. The van der Waals surface area contributed by atoms with Gasteiger partial charge in [-0.25, -0.2) is 27.3 Å². The third-order valence-corrected chi connectivity index (χ3v) is 9.76. The van der Waals surface area contributed by atoms with E-state index in [0.29, 0.717) is 28.1 Å². The van der Waals surface area contributed by atoms with Gasteiger partial charge in [0.15, 0.2) is 11.0 Å². The number of nitrogens with zero attached hydrogens (tertiary/aromatic N) is 6. The van der Waals surface area contributed by atoms with Gasteiger partial charge in [-0.15, -0.1) is 5.10 Å². The summed E-state index contributed by atoms with van der Waals surface area (Å²) in [6.07, 6.45) is 1.32. The van der Waals surface area contributed by atoms with Gasteiger partial charge in [-0.3, -0.25) is 9.69 Å². The zero-order chi connectivity index (χ0) is 35.1. The first-order valence-electron chi connectivity index (χ1n) is 14.3. The van der Waals surface area contributed by atoms with Crippen molar-refractivity contribution in [2.45, 2.75) is 37.1 Å². The van der Waals surface area contributed by atoms with Gasteiger partial charge in [-0.2, -0.15) is 18.2 Å². The van der Waals surface area contributed by atoms with Crippen LogP contribution in [0, 0.1) is 12.7 Å². The monoisotopic (exact) mass is 703 g/mol. The molecule has 1 fully saturated rings. The second-order valence-corrected chi connectivity index (χ2v) is 14.1. The summed E-state index contributed by atoms with van der Waals surface area (Å²) >= 11 is 1.10. The minimum absolute atomic E-state index is 0.0580. The molecule has 1 aliphatic heterocycles. The smallest absolute Gasteiger partial charge is 0.375 e. The molecule has 0 unspecified atom stereocenters. The second-order valence-electron chi connectivity index (χ2n) is 11.2. The Hall–Kier alpha value is -4.77. The first kappa shape index (κ1) is 34.6.